The van der Waals surface area contributed by atoms with Crippen LogP contribution in [0.1, 0.15) is 43.8 Å². The maximum atomic E-state index is 11.7. The van der Waals surface area contributed by atoms with Gasteiger partial charge in [-0.3, -0.25) is 4.79 Å². The highest BCUT2D eigenvalue weighted by Crippen LogP contribution is 2.18. The van der Waals surface area contributed by atoms with Crippen LogP contribution in [0.3, 0.4) is 0 Å². The first-order valence-electron chi connectivity index (χ1n) is 8.08. The van der Waals surface area contributed by atoms with E-state index in [-0.39, 0.29) is 12.4 Å². The van der Waals surface area contributed by atoms with Gasteiger partial charge in [-0.25, -0.2) is 4.98 Å². The molecule has 5 heteroatoms. The molecule has 23 heavy (non-hydrogen) atoms. The number of halogens is 1. The largest absolute Gasteiger partial charge is 0.466 e. The van der Waals surface area contributed by atoms with E-state index in [9.17, 15) is 4.79 Å². The molecule has 0 unspecified atom stereocenters. The number of esters is 1. The first-order valence-corrected chi connectivity index (χ1v) is 8.45. The van der Waals surface area contributed by atoms with Gasteiger partial charge in [-0.2, -0.15) is 0 Å². The van der Waals surface area contributed by atoms with E-state index in [4.69, 9.17) is 16.3 Å². The molecule has 1 aromatic heterocycles. The van der Waals surface area contributed by atoms with Crippen LogP contribution in [0.5, 0.6) is 0 Å². The second-order valence-electron chi connectivity index (χ2n) is 5.45. The molecule has 0 N–H and O–H groups in total. The van der Waals surface area contributed by atoms with Gasteiger partial charge in [0.05, 0.1) is 25.3 Å². The number of carbonyl (C=O) groups excluding carboxylic acids is 1. The van der Waals surface area contributed by atoms with Gasteiger partial charge in [0, 0.05) is 17.6 Å². The molecule has 0 aliphatic rings. The van der Waals surface area contributed by atoms with Crippen LogP contribution in [0.25, 0.3) is 0 Å². The lowest BCUT2D eigenvalue weighted by Gasteiger charge is -2.09. The van der Waals surface area contributed by atoms with Gasteiger partial charge < -0.3 is 9.30 Å². The molecule has 1 heterocycles. The van der Waals surface area contributed by atoms with E-state index in [2.05, 4.69) is 16.5 Å². The molecular weight excluding hydrogens is 312 g/mol. The van der Waals surface area contributed by atoms with Crippen LogP contribution in [-0.4, -0.2) is 22.1 Å². The number of carbonyl (C=O) groups is 1. The zero-order chi connectivity index (χ0) is 16.7. The Kier molecular flexibility index (Phi) is 6.66. The van der Waals surface area contributed by atoms with Crippen molar-refractivity contribution in [3.05, 3.63) is 52.6 Å². The van der Waals surface area contributed by atoms with Crippen LogP contribution in [0.15, 0.2) is 30.5 Å². The monoisotopic (exact) mass is 334 g/mol. The quantitative estimate of drug-likeness (QED) is 0.684. The number of nitrogens with zero attached hydrogens (tertiary/aromatic N) is 2. The number of ether oxygens (including phenoxy) is 1. The number of aromatic nitrogens is 2. The third kappa shape index (κ3) is 5.10. The number of hydrogen-bond acceptors (Lipinski definition) is 3. The minimum atomic E-state index is -0.239. The minimum Gasteiger partial charge on any atom is -0.466 e. The summed E-state index contributed by atoms with van der Waals surface area (Å²) in [7, 11) is 0. The smallest absolute Gasteiger partial charge is 0.311 e. The zero-order valence-corrected chi connectivity index (χ0v) is 14.5. The minimum absolute atomic E-state index is 0.211. The molecule has 0 amide bonds. The van der Waals surface area contributed by atoms with Crippen LogP contribution < -0.4 is 0 Å². The molecule has 0 spiro atoms. The highest BCUT2D eigenvalue weighted by Gasteiger charge is 2.13. The van der Waals surface area contributed by atoms with Crippen molar-refractivity contribution in [3.8, 4) is 0 Å². The Labute approximate surface area is 142 Å². The number of benzene rings is 1. The van der Waals surface area contributed by atoms with Gasteiger partial charge in [0.2, 0.25) is 0 Å². The Morgan fingerprint density at radius 3 is 2.78 bits per heavy atom. The van der Waals surface area contributed by atoms with E-state index in [0.717, 1.165) is 41.4 Å². The molecule has 0 saturated carbocycles. The molecule has 0 bridgehead atoms. The Bertz CT molecular complexity index is 652. The molecule has 0 aliphatic heterocycles. The molecule has 0 aliphatic carbocycles. The molecule has 2 aromatic rings. The van der Waals surface area contributed by atoms with Gasteiger partial charge in [0.25, 0.3) is 0 Å². The lowest BCUT2D eigenvalue weighted by Crippen LogP contribution is -2.07. The Morgan fingerprint density at radius 2 is 2.09 bits per heavy atom. The zero-order valence-electron chi connectivity index (χ0n) is 13.7. The maximum Gasteiger partial charge on any atom is 0.311 e. The van der Waals surface area contributed by atoms with Crippen molar-refractivity contribution in [1.29, 1.82) is 0 Å². The standard InChI is InChI=1S/C18H23ClN2O2/c1-3-5-10-17-20-15(11-18(22)23-4-2)13-21(17)12-14-8-6-7-9-16(14)19/h6-9,13H,3-5,10-12H2,1-2H3. The molecule has 124 valence electrons. The van der Waals surface area contributed by atoms with Crippen molar-refractivity contribution < 1.29 is 9.53 Å². The molecule has 0 radical (unpaired) electrons. The molecule has 0 fully saturated rings. The fraction of sp³-hybridized carbons (Fsp3) is 0.444. The number of hydrogen-bond donors (Lipinski definition) is 0. The summed E-state index contributed by atoms with van der Waals surface area (Å²) in [5.41, 5.74) is 1.80. The van der Waals surface area contributed by atoms with Crippen molar-refractivity contribution in [2.24, 2.45) is 0 Å². The van der Waals surface area contributed by atoms with Crippen molar-refractivity contribution in [2.75, 3.05) is 6.61 Å². The summed E-state index contributed by atoms with van der Waals surface area (Å²) in [6.07, 6.45) is 5.21. The van der Waals surface area contributed by atoms with Crippen LogP contribution in [0, 0.1) is 0 Å². The van der Waals surface area contributed by atoms with Gasteiger partial charge in [-0.1, -0.05) is 43.1 Å². The summed E-state index contributed by atoms with van der Waals surface area (Å²) in [4.78, 5) is 16.3. The predicted octanol–water partition coefficient (Wildman–Crippen LogP) is 4.03. The van der Waals surface area contributed by atoms with Crippen LogP contribution in [0.4, 0.5) is 0 Å². The second kappa shape index (κ2) is 8.73. The predicted molar refractivity (Wildman–Crippen MR) is 91.7 cm³/mol. The average Bonchev–Trinajstić information content (AvgIpc) is 2.89. The summed E-state index contributed by atoms with van der Waals surface area (Å²) in [6, 6.07) is 7.79. The lowest BCUT2D eigenvalue weighted by atomic mass is 10.2. The first-order chi connectivity index (χ1) is 11.1. The van der Waals surface area contributed by atoms with E-state index in [1.165, 1.54) is 0 Å². The molecule has 2 rings (SSSR count). The number of aryl methyl sites for hydroxylation is 1. The van der Waals surface area contributed by atoms with Gasteiger partial charge >= 0.3 is 5.97 Å². The summed E-state index contributed by atoms with van der Waals surface area (Å²) < 4.78 is 7.09. The van der Waals surface area contributed by atoms with E-state index in [0.29, 0.717) is 13.2 Å². The second-order valence-corrected chi connectivity index (χ2v) is 5.86. The van der Waals surface area contributed by atoms with Crippen LogP contribution in [0.2, 0.25) is 5.02 Å². The topological polar surface area (TPSA) is 44.1 Å². The molecule has 0 atom stereocenters. The summed E-state index contributed by atoms with van der Waals surface area (Å²) in [6.45, 7) is 5.01. The van der Waals surface area contributed by atoms with Crippen LogP contribution >= 0.6 is 11.6 Å². The van der Waals surface area contributed by atoms with Gasteiger partial charge in [-0.15, -0.1) is 0 Å². The third-order valence-electron chi connectivity index (χ3n) is 3.59. The summed E-state index contributed by atoms with van der Waals surface area (Å²) >= 11 is 6.26. The van der Waals surface area contributed by atoms with E-state index < -0.39 is 0 Å². The average molecular weight is 335 g/mol. The number of imidazole rings is 1. The van der Waals surface area contributed by atoms with Gasteiger partial charge in [0.1, 0.15) is 5.82 Å². The highest BCUT2D eigenvalue weighted by molar-refractivity contribution is 6.31. The lowest BCUT2D eigenvalue weighted by molar-refractivity contribution is -0.142. The fourth-order valence-electron chi connectivity index (χ4n) is 2.44. The number of unbranched alkanes of at least 4 members (excludes halogenated alkanes) is 1. The Balaban J connectivity index is 2.20. The van der Waals surface area contributed by atoms with Crippen molar-refractivity contribution in [3.63, 3.8) is 0 Å². The first kappa shape index (κ1) is 17.5. The summed E-state index contributed by atoms with van der Waals surface area (Å²) in [5, 5.41) is 0.745. The third-order valence-corrected chi connectivity index (χ3v) is 3.96. The van der Waals surface area contributed by atoms with E-state index in [1.54, 1.807) is 6.92 Å². The van der Waals surface area contributed by atoms with Crippen LogP contribution in [-0.2, 0) is 28.9 Å². The van der Waals surface area contributed by atoms with Crippen molar-refractivity contribution in [1.82, 2.24) is 9.55 Å². The molecule has 1 aromatic carbocycles. The molecule has 0 saturated heterocycles. The normalized spacial score (nSPS) is 10.7. The molecular formula is C18H23ClN2O2. The van der Waals surface area contributed by atoms with E-state index in [1.807, 2.05) is 30.5 Å². The van der Waals surface area contributed by atoms with E-state index >= 15 is 0 Å². The fourth-order valence-corrected chi connectivity index (χ4v) is 2.64. The summed E-state index contributed by atoms with van der Waals surface area (Å²) in [5.74, 6) is 0.753. The van der Waals surface area contributed by atoms with Gasteiger partial charge in [0.15, 0.2) is 0 Å². The van der Waals surface area contributed by atoms with Crippen molar-refractivity contribution >= 4 is 17.6 Å². The number of rotatable bonds is 8. The highest BCUT2D eigenvalue weighted by atomic mass is 35.5. The van der Waals surface area contributed by atoms with Crippen molar-refractivity contribution in [2.45, 2.75) is 46.1 Å². The molecule has 4 nitrogen and oxygen atoms in total. The maximum absolute atomic E-state index is 11.7. The van der Waals surface area contributed by atoms with Gasteiger partial charge in [-0.05, 0) is 25.0 Å². The SMILES string of the molecule is CCCCc1nc(CC(=O)OCC)cn1Cc1ccccc1Cl. The Hall–Kier alpha value is -1.81. The Morgan fingerprint density at radius 1 is 1.30 bits per heavy atom.